The lowest BCUT2D eigenvalue weighted by molar-refractivity contribution is -0.0430. The van der Waals surface area contributed by atoms with E-state index in [1.54, 1.807) is 18.9 Å². The van der Waals surface area contributed by atoms with Crippen molar-refractivity contribution in [1.29, 1.82) is 0 Å². The first-order valence-electron chi connectivity index (χ1n) is 6.60. The second kappa shape index (κ2) is 7.10. The molecule has 0 saturated carbocycles. The molecule has 7 heteroatoms. The molecule has 0 bridgehead atoms. The number of aromatic nitrogens is 2. The molecular formula is C13H20N2O4S. The summed E-state index contributed by atoms with van der Waals surface area (Å²) in [5, 5.41) is 0. The van der Waals surface area contributed by atoms with E-state index in [1.807, 2.05) is 0 Å². The molecule has 1 aliphatic rings. The van der Waals surface area contributed by atoms with Gasteiger partial charge >= 0.3 is 5.69 Å². The van der Waals surface area contributed by atoms with E-state index in [9.17, 15) is 9.59 Å². The van der Waals surface area contributed by atoms with Crippen LogP contribution in [0.5, 0.6) is 0 Å². The first kappa shape index (κ1) is 15.3. The average molecular weight is 300 g/mol. The molecule has 112 valence electrons. The lowest BCUT2D eigenvalue weighted by Gasteiger charge is -2.20. The minimum absolute atomic E-state index is 0.00400. The van der Waals surface area contributed by atoms with Crippen molar-refractivity contribution in [3.63, 3.8) is 0 Å². The van der Waals surface area contributed by atoms with Crippen LogP contribution in [0, 0.1) is 5.92 Å². The Labute approximate surface area is 121 Å². The molecule has 2 heterocycles. The Balaban J connectivity index is 2.21. The van der Waals surface area contributed by atoms with E-state index in [1.165, 1.54) is 16.8 Å². The highest BCUT2D eigenvalue weighted by Crippen LogP contribution is 2.36. The number of nitrogens with one attached hydrogen (secondary N) is 1. The van der Waals surface area contributed by atoms with E-state index in [0.717, 1.165) is 18.6 Å². The molecule has 3 atom stereocenters. The van der Waals surface area contributed by atoms with E-state index in [-0.39, 0.29) is 18.2 Å². The largest absolute Gasteiger partial charge is 0.382 e. The van der Waals surface area contributed by atoms with Crippen LogP contribution in [-0.4, -0.2) is 41.4 Å². The monoisotopic (exact) mass is 300 g/mol. The predicted octanol–water partition coefficient (Wildman–Crippen LogP) is 0.840. The van der Waals surface area contributed by atoms with Gasteiger partial charge < -0.3 is 9.47 Å². The molecule has 6 nitrogen and oxygen atoms in total. The van der Waals surface area contributed by atoms with Crippen molar-refractivity contribution in [2.75, 3.05) is 25.7 Å². The predicted molar refractivity (Wildman–Crippen MR) is 78.2 cm³/mol. The number of nitrogens with zero attached hydrogens (tertiary/aromatic N) is 1. The first-order chi connectivity index (χ1) is 9.65. The number of thioether (sulfide) groups is 1. The highest BCUT2D eigenvalue weighted by atomic mass is 32.2. The zero-order valence-electron chi connectivity index (χ0n) is 11.7. The van der Waals surface area contributed by atoms with Crippen molar-refractivity contribution in [1.82, 2.24) is 9.55 Å². The van der Waals surface area contributed by atoms with Gasteiger partial charge in [0.25, 0.3) is 5.56 Å². The number of H-pyrrole nitrogens is 1. The van der Waals surface area contributed by atoms with Gasteiger partial charge in [0.15, 0.2) is 0 Å². The quantitative estimate of drug-likeness (QED) is 0.843. The minimum atomic E-state index is -0.422. The third-order valence-electron chi connectivity index (χ3n) is 3.47. The highest BCUT2D eigenvalue weighted by Gasteiger charge is 2.36. The molecule has 1 aromatic heterocycles. The van der Waals surface area contributed by atoms with Crippen LogP contribution in [0.3, 0.4) is 0 Å². The zero-order valence-corrected chi connectivity index (χ0v) is 12.5. The number of aromatic amines is 1. The van der Waals surface area contributed by atoms with Crippen molar-refractivity contribution in [2.45, 2.75) is 25.2 Å². The second-order valence-electron chi connectivity index (χ2n) is 4.90. The molecule has 0 unspecified atom stereocenters. The van der Waals surface area contributed by atoms with Crippen molar-refractivity contribution in [3.05, 3.63) is 33.1 Å². The van der Waals surface area contributed by atoms with Crippen LogP contribution in [0.25, 0.3) is 0 Å². The maximum atomic E-state index is 11.9. The van der Waals surface area contributed by atoms with Gasteiger partial charge in [-0.1, -0.05) is 0 Å². The van der Waals surface area contributed by atoms with Crippen LogP contribution in [0.2, 0.25) is 0 Å². The Morgan fingerprint density at radius 2 is 2.35 bits per heavy atom. The van der Waals surface area contributed by atoms with Gasteiger partial charge in [0, 0.05) is 25.3 Å². The first-order valence-corrected chi connectivity index (χ1v) is 8.00. The fraction of sp³-hybridized carbons (Fsp3) is 0.692. The third kappa shape index (κ3) is 3.53. The molecule has 1 aromatic rings. The van der Waals surface area contributed by atoms with E-state index >= 15 is 0 Å². The molecule has 0 aromatic carbocycles. The van der Waals surface area contributed by atoms with Crippen LogP contribution in [0.15, 0.2) is 21.9 Å². The van der Waals surface area contributed by atoms with Gasteiger partial charge in [-0.3, -0.25) is 14.3 Å². The summed E-state index contributed by atoms with van der Waals surface area (Å²) in [6.07, 6.45) is 5.07. The molecule has 2 rings (SSSR count). The maximum absolute atomic E-state index is 11.9. The van der Waals surface area contributed by atoms with Crippen LogP contribution in [0.1, 0.15) is 19.1 Å². The van der Waals surface area contributed by atoms with Crippen molar-refractivity contribution in [3.8, 4) is 0 Å². The van der Waals surface area contributed by atoms with E-state index in [4.69, 9.17) is 9.47 Å². The number of hydrogen-bond acceptors (Lipinski definition) is 5. The molecule has 0 spiro atoms. The number of methoxy groups -OCH3 is 1. The molecule has 1 aliphatic heterocycles. The Morgan fingerprint density at radius 1 is 1.55 bits per heavy atom. The smallest absolute Gasteiger partial charge is 0.330 e. The molecule has 0 aliphatic carbocycles. The number of hydrogen-bond donors (Lipinski definition) is 1. The lowest BCUT2D eigenvalue weighted by Crippen LogP contribution is -2.33. The molecule has 20 heavy (non-hydrogen) atoms. The Morgan fingerprint density at radius 3 is 3.00 bits per heavy atom. The highest BCUT2D eigenvalue weighted by molar-refractivity contribution is 7.98. The Kier molecular flexibility index (Phi) is 5.45. The molecule has 1 saturated heterocycles. The Bertz CT molecular complexity index is 542. The number of rotatable bonds is 6. The summed E-state index contributed by atoms with van der Waals surface area (Å²) in [6.45, 7) is 0.518. The molecule has 0 amide bonds. The van der Waals surface area contributed by atoms with Gasteiger partial charge in [-0.05, 0) is 24.9 Å². The molecule has 1 fully saturated rings. The summed E-state index contributed by atoms with van der Waals surface area (Å²) in [4.78, 5) is 25.3. The fourth-order valence-corrected chi connectivity index (χ4v) is 3.10. The third-order valence-corrected chi connectivity index (χ3v) is 4.12. The topological polar surface area (TPSA) is 73.3 Å². The standard InChI is InChI=1S/C13H20N2O4S/c1-18-8-10-7-9(4-6-20-2)12(19-10)15-5-3-11(16)14-13(15)17/h3,5,9-10,12H,4,6-8H2,1-2H3,(H,14,16,17)/t9-,10-,12+/m0/s1. The SMILES string of the molecule is COC[C@@H]1C[C@H](CCSC)[C@H](n2ccc(=O)[nH]c2=O)O1. The van der Waals surface area contributed by atoms with Crippen LogP contribution < -0.4 is 11.2 Å². The molecular weight excluding hydrogens is 280 g/mol. The van der Waals surface area contributed by atoms with Crippen molar-refractivity contribution < 1.29 is 9.47 Å². The summed E-state index contributed by atoms with van der Waals surface area (Å²) < 4.78 is 12.5. The van der Waals surface area contributed by atoms with E-state index < -0.39 is 11.2 Å². The van der Waals surface area contributed by atoms with Crippen LogP contribution in [0.4, 0.5) is 0 Å². The van der Waals surface area contributed by atoms with Gasteiger partial charge in [0.1, 0.15) is 6.23 Å². The summed E-state index contributed by atoms with van der Waals surface area (Å²) in [6, 6.07) is 1.35. The summed E-state index contributed by atoms with van der Waals surface area (Å²) in [5.74, 6) is 1.27. The molecule has 1 N–H and O–H groups in total. The summed E-state index contributed by atoms with van der Waals surface area (Å²) >= 11 is 1.77. The van der Waals surface area contributed by atoms with Crippen LogP contribution in [-0.2, 0) is 9.47 Å². The average Bonchev–Trinajstić information content (AvgIpc) is 2.79. The summed E-state index contributed by atoms with van der Waals surface area (Å²) in [5.41, 5.74) is -0.812. The van der Waals surface area contributed by atoms with Gasteiger partial charge in [0.2, 0.25) is 0 Å². The normalized spacial score (nSPS) is 26.0. The van der Waals surface area contributed by atoms with Gasteiger partial charge in [-0.15, -0.1) is 0 Å². The van der Waals surface area contributed by atoms with Crippen LogP contribution >= 0.6 is 11.8 Å². The van der Waals surface area contributed by atoms with Crippen molar-refractivity contribution >= 4 is 11.8 Å². The fourth-order valence-electron chi connectivity index (χ4n) is 2.56. The number of ether oxygens (including phenoxy) is 2. The van der Waals surface area contributed by atoms with Gasteiger partial charge in [0.05, 0.1) is 12.7 Å². The van der Waals surface area contributed by atoms with Gasteiger partial charge in [-0.25, -0.2) is 4.79 Å². The lowest BCUT2D eigenvalue weighted by atomic mass is 10.0. The maximum Gasteiger partial charge on any atom is 0.330 e. The second-order valence-corrected chi connectivity index (χ2v) is 5.88. The van der Waals surface area contributed by atoms with E-state index in [0.29, 0.717) is 6.61 Å². The van der Waals surface area contributed by atoms with Gasteiger partial charge in [-0.2, -0.15) is 11.8 Å². The minimum Gasteiger partial charge on any atom is -0.382 e. The molecule has 0 radical (unpaired) electrons. The van der Waals surface area contributed by atoms with E-state index in [2.05, 4.69) is 11.2 Å². The Hall–Kier alpha value is -1.05. The summed E-state index contributed by atoms with van der Waals surface area (Å²) in [7, 11) is 1.64. The zero-order chi connectivity index (χ0) is 14.5. The van der Waals surface area contributed by atoms with Crippen molar-refractivity contribution in [2.24, 2.45) is 5.92 Å².